The van der Waals surface area contributed by atoms with E-state index in [0.29, 0.717) is 18.6 Å². The number of ether oxygens (including phenoxy) is 1. The van der Waals surface area contributed by atoms with Crippen LogP contribution >= 0.6 is 0 Å². The summed E-state index contributed by atoms with van der Waals surface area (Å²) < 4.78 is 6.08. The fraction of sp³-hybridized carbons (Fsp3) is 0.696. The number of carbonyl (C=O) groups excluding carboxylic acids is 1. The Hall–Kier alpha value is -1.39. The van der Waals surface area contributed by atoms with Gasteiger partial charge in [0.25, 0.3) is 5.91 Å². The molecule has 3 fully saturated rings. The zero-order valence-corrected chi connectivity index (χ0v) is 16.4. The van der Waals surface area contributed by atoms with Crippen LogP contribution in [0.25, 0.3) is 0 Å². The molecule has 1 aliphatic heterocycles. The third-order valence-electron chi connectivity index (χ3n) is 6.77. The summed E-state index contributed by atoms with van der Waals surface area (Å²) in [4.78, 5) is 15.7. The molecule has 0 aromatic heterocycles. The van der Waals surface area contributed by atoms with Crippen LogP contribution in [0.3, 0.4) is 0 Å². The van der Waals surface area contributed by atoms with E-state index < -0.39 is 6.10 Å². The number of carbonyl (C=O) groups is 1. The maximum absolute atomic E-state index is 13.1. The Bertz CT molecular complexity index is 594. The Balaban J connectivity index is 1.48. The lowest BCUT2D eigenvalue weighted by Gasteiger charge is -2.44. The highest BCUT2D eigenvalue weighted by Gasteiger charge is 2.41. The molecule has 0 bridgehead atoms. The van der Waals surface area contributed by atoms with Crippen molar-refractivity contribution in [2.45, 2.75) is 76.0 Å². The molecule has 2 aliphatic carbocycles. The zero-order chi connectivity index (χ0) is 18.5. The zero-order valence-electron chi connectivity index (χ0n) is 16.4. The molecule has 4 rings (SSSR count). The molecule has 1 N–H and O–H groups in total. The average molecular weight is 371 g/mol. The third-order valence-corrected chi connectivity index (χ3v) is 6.77. The molecule has 0 radical (unpaired) electrons. The minimum Gasteiger partial charge on any atom is -0.365 e. The molecule has 1 amide bonds. The summed E-state index contributed by atoms with van der Waals surface area (Å²) in [5, 5.41) is 3.24. The van der Waals surface area contributed by atoms with Gasteiger partial charge in [-0.05, 0) is 37.2 Å². The van der Waals surface area contributed by atoms with Gasteiger partial charge < -0.3 is 10.1 Å². The van der Waals surface area contributed by atoms with Crippen LogP contribution in [0.4, 0.5) is 0 Å². The van der Waals surface area contributed by atoms with Gasteiger partial charge in [-0.2, -0.15) is 0 Å². The normalized spacial score (nSPS) is 28.3. The second kappa shape index (κ2) is 9.20. The van der Waals surface area contributed by atoms with Crippen LogP contribution in [0.1, 0.15) is 69.4 Å². The van der Waals surface area contributed by atoms with Crippen LogP contribution in [-0.4, -0.2) is 42.6 Å². The van der Waals surface area contributed by atoms with Crippen molar-refractivity contribution >= 4 is 5.91 Å². The topological polar surface area (TPSA) is 41.6 Å². The van der Waals surface area contributed by atoms with Crippen LogP contribution in [0.5, 0.6) is 0 Å². The van der Waals surface area contributed by atoms with E-state index in [1.165, 1.54) is 63.4 Å². The van der Waals surface area contributed by atoms with E-state index in [-0.39, 0.29) is 11.9 Å². The molecular formula is C23H34N2O2. The molecule has 0 unspecified atom stereocenters. The Morgan fingerprint density at radius 1 is 1.00 bits per heavy atom. The van der Waals surface area contributed by atoms with Crippen LogP contribution < -0.4 is 5.32 Å². The van der Waals surface area contributed by atoms with Gasteiger partial charge in [-0.1, -0.05) is 62.4 Å². The molecule has 148 valence electrons. The summed E-state index contributed by atoms with van der Waals surface area (Å²) in [5.74, 6) is 0.726. The fourth-order valence-electron chi connectivity index (χ4n) is 5.31. The SMILES string of the molecule is O=C(NCC1CCCCC1)[C@@H]1OCCN(C2CCCC2)[C@H]1c1ccccc1. The Morgan fingerprint density at radius 3 is 2.44 bits per heavy atom. The van der Waals surface area contributed by atoms with Gasteiger partial charge in [0.2, 0.25) is 0 Å². The number of benzene rings is 1. The molecule has 27 heavy (non-hydrogen) atoms. The quantitative estimate of drug-likeness (QED) is 0.849. The molecule has 1 saturated heterocycles. The molecule has 2 atom stereocenters. The standard InChI is InChI=1S/C23H34N2O2/c26-23(24-17-18-9-3-1-4-10-18)22-21(19-11-5-2-6-12-19)25(15-16-27-22)20-13-7-8-14-20/h2,5-6,11-12,18,20-22H,1,3-4,7-10,13-17H2,(H,24,26)/t21-,22+/m0/s1. The molecular weight excluding hydrogens is 336 g/mol. The predicted octanol–water partition coefficient (Wildman–Crippen LogP) is 4.07. The largest absolute Gasteiger partial charge is 0.365 e. The van der Waals surface area contributed by atoms with Crippen LogP contribution in [0.2, 0.25) is 0 Å². The van der Waals surface area contributed by atoms with Gasteiger partial charge in [-0.15, -0.1) is 0 Å². The van der Waals surface area contributed by atoms with Gasteiger partial charge in [-0.25, -0.2) is 0 Å². The first-order valence-electron chi connectivity index (χ1n) is 11.0. The molecule has 3 aliphatic rings. The van der Waals surface area contributed by atoms with Crippen LogP contribution in [0.15, 0.2) is 30.3 Å². The first-order valence-corrected chi connectivity index (χ1v) is 11.0. The molecule has 4 nitrogen and oxygen atoms in total. The highest BCUT2D eigenvalue weighted by Crippen LogP contribution is 2.36. The van der Waals surface area contributed by atoms with Crippen LogP contribution in [0, 0.1) is 5.92 Å². The number of hydrogen-bond acceptors (Lipinski definition) is 3. The van der Waals surface area contributed by atoms with Gasteiger partial charge >= 0.3 is 0 Å². The average Bonchev–Trinajstić information content (AvgIpc) is 3.27. The lowest BCUT2D eigenvalue weighted by atomic mass is 9.89. The summed E-state index contributed by atoms with van der Waals surface area (Å²) in [6, 6.07) is 11.1. The molecule has 0 spiro atoms. The maximum Gasteiger partial charge on any atom is 0.251 e. The Morgan fingerprint density at radius 2 is 1.70 bits per heavy atom. The number of rotatable bonds is 5. The molecule has 1 aromatic carbocycles. The van der Waals surface area contributed by atoms with Crippen molar-refractivity contribution in [2.24, 2.45) is 5.92 Å². The number of nitrogens with zero attached hydrogens (tertiary/aromatic N) is 1. The molecule has 1 heterocycles. The van der Waals surface area contributed by atoms with E-state index in [0.717, 1.165) is 13.1 Å². The highest BCUT2D eigenvalue weighted by atomic mass is 16.5. The second-order valence-electron chi connectivity index (χ2n) is 8.57. The van der Waals surface area contributed by atoms with E-state index in [4.69, 9.17) is 4.74 Å². The van der Waals surface area contributed by atoms with Crippen molar-refractivity contribution in [1.82, 2.24) is 10.2 Å². The minimum absolute atomic E-state index is 0.0365. The predicted molar refractivity (Wildman–Crippen MR) is 107 cm³/mol. The lowest BCUT2D eigenvalue weighted by Crippen LogP contribution is -2.54. The Labute approximate surface area is 163 Å². The molecule has 1 aromatic rings. The van der Waals surface area contributed by atoms with Crippen molar-refractivity contribution in [3.05, 3.63) is 35.9 Å². The number of hydrogen-bond donors (Lipinski definition) is 1. The van der Waals surface area contributed by atoms with E-state index in [1.807, 2.05) is 6.07 Å². The van der Waals surface area contributed by atoms with Crippen molar-refractivity contribution in [3.63, 3.8) is 0 Å². The van der Waals surface area contributed by atoms with Gasteiger partial charge in [0.15, 0.2) is 6.10 Å². The van der Waals surface area contributed by atoms with Gasteiger partial charge in [0, 0.05) is 19.1 Å². The third kappa shape index (κ3) is 4.55. The van der Waals surface area contributed by atoms with Crippen LogP contribution in [-0.2, 0) is 9.53 Å². The van der Waals surface area contributed by atoms with E-state index in [1.54, 1.807) is 0 Å². The van der Waals surface area contributed by atoms with Gasteiger partial charge in [-0.3, -0.25) is 9.69 Å². The second-order valence-corrected chi connectivity index (χ2v) is 8.57. The highest BCUT2D eigenvalue weighted by molar-refractivity contribution is 5.82. The maximum atomic E-state index is 13.1. The number of nitrogens with one attached hydrogen (secondary N) is 1. The van der Waals surface area contributed by atoms with Crippen molar-refractivity contribution in [3.8, 4) is 0 Å². The van der Waals surface area contributed by atoms with Gasteiger partial charge in [0.1, 0.15) is 0 Å². The first-order chi connectivity index (χ1) is 13.3. The Kier molecular flexibility index (Phi) is 6.46. The molecule has 2 saturated carbocycles. The minimum atomic E-state index is -0.398. The van der Waals surface area contributed by atoms with Gasteiger partial charge in [0.05, 0.1) is 12.6 Å². The number of amides is 1. The van der Waals surface area contributed by atoms with Crippen molar-refractivity contribution in [1.29, 1.82) is 0 Å². The smallest absolute Gasteiger partial charge is 0.251 e. The monoisotopic (exact) mass is 370 g/mol. The van der Waals surface area contributed by atoms with E-state index in [9.17, 15) is 4.79 Å². The summed E-state index contributed by atoms with van der Waals surface area (Å²) in [7, 11) is 0. The molecule has 4 heteroatoms. The number of morpholine rings is 1. The first kappa shape index (κ1) is 18.9. The summed E-state index contributed by atoms with van der Waals surface area (Å²) >= 11 is 0. The summed E-state index contributed by atoms with van der Waals surface area (Å²) in [5.41, 5.74) is 1.21. The summed E-state index contributed by atoms with van der Waals surface area (Å²) in [6.45, 7) is 2.39. The van der Waals surface area contributed by atoms with Crippen molar-refractivity contribution in [2.75, 3.05) is 19.7 Å². The summed E-state index contributed by atoms with van der Waals surface area (Å²) in [6.07, 6.45) is 11.2. The van der Waals surface area contributed by atoms with E-state index in [2.05, 4.69) is 34.5 Å². The fourth-order valence-corrected chi connectivity index (χ4v) is 5.31. The van der Waals surface area contributed by atoms with Crippen molar-refractivity contribution < 1.29 is 9.53 Å². The lowest BCUT2D eigenvalue weighted by molar-refractivity contribution is -0.148. The van der Waals surface area contributed by atoms with E-state index >= 15 is 0 Å².